The van der Waals surface area contributed by atoms with E-state index in [1.165, 1.54) is 4.90 Å². The molecular weight excluding hydrogens is 362 g/mol. The quantitative estimate of drug-likeness (QED) is 0.855. The van der Waals surface area contributed by atoms with Crippen molar-refractivity contribution in [2.24, 2.45) is 0 Å². The van der Waals surface area contributed by atoms with Crippen LogP contribution >= 0.6 is 15.9 Å². The number of sulfone groups is 1. The Bertz CT molecular complexity index is 673. The minimum absolute atomic E-state index is 0.0143. The number of hydrogen-bond acceptors (Lipinski definition) is 4. The topological polar surface area (TPSA) is 91.8 Å². The summed E-state index contributed by atoms with van der Waals surface area (Å²) in [5, 5.41) is 8.92. The van der Waals surface area contributed by atoms with E-state index in [0.29, 0.717) is 10.0 Å². The van der Waals surface area contributed by atoms with Crippen LogP contribution in [0.25, 0.3) is 0 Å². The number of carboxylic acid groups (broad SMARTS) is 1. The summed E-state index contributed by atoms with van der Waals surface area (Å²) in [5.41, 5.74) is 0.396. The molecule has 1 heterocycles. The van der Waals surface area contributed by atoms with Gasteiger partial charge in [0.2, 0.25) is 0 Å². The molecule has 1 aromatic carbocycles. The number of benzene rings is 1. The van der Waals surface area contributed by atoms with Gasteiger partial charge in [-0.3, -0.25) is 9.59 Å². The Hall–Kier alpha value is -1.41. The highest BCUT2D eigenvalue weighted by Gasteiger charge is 2.36. The average molecular weight is 376 g/mol. The Labute approximate surface area is 130 Å². The first-order valence-electron chi connectivity index (χ1n) is 6.28. The lowest BCUT2D eigenvalue weighted by molar-refractivity contribution is -0.138. The lowest BCUT2D eigenvalue weighted by Crippen LogP contribution is -2.52. The summed E-state index contributed by atoms with van der Waals surface area (Å²) < 4.78 is 23.9. The van der Waals surface area contributed by atoms with Gasteiger partial charge in [-0.05, 0) is 28.1 Å². The zero-order chi connectivity index (χ0) is 15.6. The van der Waals surface area contributed by atoms with E-state index in [1.807, 2.05) is 0 Å². The number of halogens is 1. The summed E-state index contributed by atoms with van der Waals surface area (Å²) in [6.45, 7) is 0.0143. The summed E-state index contributed by atoms with van der Waals surface area (Å²) in [5.74, 6) is -1.93. The first-order chi connectivity index (χ1) is 9.80. The number of carbonyl (C=O) groups is 2. The molecule has 1 aliphatic rings. The molecule has 0 saturated carbocycles. The molecule has 2 rings (SSSR count). The predicted octanol–water partition coefficient (Wildman–Crippen LogP) is 1.16. The van der Waals surface area contributed by atoms with Gasteiger partial charge in [-0.1, -0.05) is 12.1 Å². The van der Waals surface area contributed by atoms with Crippen molar-refractivity contribution >= 4 is 37.6 Å². The van der Waals surface area contributed by atoms with E-state index in [4.69, 9.17) is 5.11 Å². The molecule has 1 amide bonds. The Morgan fingerprint density at radius 1 is 1.33 bits per heavy atom. The van der Waals surface area contributed by atoms with Crippen LogP contribution in [0.15, 0.2) is 28.7 Å². The Morgan fingerprint density at radius 3 is 2.62 bits per heavy atom. The van der Waals surface area contributed by atoms with Crippen molar-refractivity contribution in [2.75, 3.05) is 18.1 Å². The molecule has 1 aromatic rings. The smallest absolute Gasteiger partial charge is 0.305 e. The summed E-state index contributed by atoms with van der Waals surface area (Å²) in [4.78, 5) is 24.8. The van der Waals surface area contributed by atoms with E-state index in [2.05, 4.69) is 15.9 Å². The fourth-order valence-corrected chi connectivity index (χ4v) is 4.29. The molecule has 1 atom stereocenters. The molecule has 0 aliphatic carbocycles. The second-order valence-corrected chi connectivity index (χ2v) is 7.93. The molecule has 21 heavy (non-hydrogen) atoms. The van der Waals surface area contributed by atoms with Gasteiger partial charge in [0.05, 0.1) is 29.5 Å². The van der Waals surface area contributed by atoms with E-state index in [9.17, 15) is 18.0 Å². The fraction of sp³-hybridized carbons (Fsp3) is 0.385. The molecular formula is C13H14BrNO5S. The van der Waals surface area contributed by atoms with Gasteiger partial charge < -0.3 is 10.0 Å². The first kappa shape index (κ1) is 16.0. The molecule has 1 unspecified atom stereocenters. The summed E-state index contributed by atoms with van der Waals surface area (Å²) in [6.07, 6.45) is -0.380. The van der Waals surface area contributed by atoms with E-state index >= 15 is 0 Å². The standard InChI is InChI=1S/C13H14BrNO5S/c14-11-4-2-1-3-10(11)13(18)15-5-6-21(19,20)8-9(15)7-12(16)17/h1-4,9H,5-8H2,(H,16,17). The van der Waals surface area contributed by atoms with Crippen LogP contribution in [0.5, 0.6) is 0 Å². The summed E-state index contributed by atoms with van der Waals surface area (Å²) in [6, 6.07) is 5.95. The first-order valence-corrected chi connectivity index (χ1v) is 8.89. The van der Waals surface area contributed by atoms with Gasteiger partial charge in [-0.2, -0.15) is 0 Å². The Kier molecular flexibility index (Phi) is 4.67. The Morgan fingerprint density at radius 2 is 2.00 bits per heavy atom. The maximum atomic E-state index is 12.5. The third kappa shape index (κ3) is 3.82. The normalized spacial score (nSPS) is 21.0. The van der Waals surface area contributed by atoms with Gasteiger partial charge in [0.15, 0.2) is 9.84 Å². The number of carbonyl (C=O) groups excluding carboxylic acids is 1. The molecule has 0 bridgehead atoms. The molecule has 1 N–H and O–H groups in total. The number of rotatable bonds is 3. The van der Waals surface area contributed by atoms with Crippen LogP contribution in [0.2, 0.25) is 0 Å². The lowest BCUT2D eigenvalue weighted by Gasteiger charge is -2.34. The molecule has 1 saturated heterocycles. The van der Waals surface area contributed by atoms with Gasteiger partial charge in [-0.25, -0.2) is 8.42 Å². The number of hydrogen-bond donors (Lipinski definition) is 1. The summed E-state index contributed by atoms with van der Waals surface area (Å²) in [7, 11) is -3.31. The van der Waals surface area contributed by atoms with Crippen LogP contribution in [0.4, 0.5) is 0 Å². The minimum atomic E-state index is -3.31. The number of aliphatic carboxylic acids is 1. The third-order valence-electron chi connectivity index (χ3n) is 3.31. The average Bonchev–Trinajstić information content (AvgIpc) is 2.37. The second-order valence-electron chi connectivity index (χ2n) is 4.84. The maximum absolute atomic E-state index is 12.5. The molecule has 1 aliphatic heterocycles. The highest BCUT2D eigenvalue weighted by atomic mass is 79.9. The van der Waals surface area contributed by atoms with Crippen LogP contribution in [-0.4, -0.2) is 54.4 Å². The third-order valence-corrected chi connectivity index (χ3v) is 5.69. The van der Waals surface area contributed by atoms with Crippen LogP contribution in [0.3, 0.4) is 0 Å². The monoisotopic (exact) mass is 375 g/mol. The molecule has 1 fully saturated rings. The van der Waals surface area contributed by atoms with Crippen molar-refractivity contribution < 1.29 is 23.1 Å². The molecule has 8 heteroatoms. The molecule has 6 nitrogen and oxygen atoms in total. The van der Waals surface area contributed by atoms with Crippen LogP contribution in [0.1, 0.15) is 16.8 Å². The Balaban J connectivity index is 2.29. The SMILES string of the molecule is O=C(O)CC1CS(=O)(=O)CCN1C(=O)c1ccccc1Br. The molecule has 0 spiro atoms. The lowest BCUT2D eigenvalue weighted by atomic mass is 10.1. The van der Waals surface area contributed by atoms with Crippen molar-refractivity contribution in [3.05, 3.63) is 34.3 Å². The van der Waals surface area contributed by atoms with Crippen molar-refractivity contribution in [2.45, 2.75) is 12.5 Å². The van der Waals surface area contributed by atoms with Crippen molar-refractivity contribution in [3.63, 3.8) is 0 Å². The number of carboxylic acids is 1. The zero-order valence-electron chi connectivity index (χ0n) is 11.0. The molecule has 0 radical (unpaired) electrons. The molecule has 114 valence electrons. The van der Waals surface area contributed by atoms with Crippen LogP contribution in [0, 0.1) is 0 Å². The van der Waals surface area contributed by atoms with Gasteiger partial charge in [-0.15, -0.1) is 0 Å². The van der Waals surface area contributed by atoms with Gasteiger partial charge >= 0.3 is 5.97 Å². The van der Waals surface area contributed by atoms with E-state index < -0.39 is 21.8 Å². The largest absolute Gasteiger partial charge is 0.481 e. The van der Waals surface area contributed by atoms with Crippen molar-refractivity contribution in [3.8, 4) is 0 Å². The van der Waals surface area contributed by atoms with Crippen LogP contribution in [-0.2, 0) is 14.6 Å². The maximum Gasteiger partial charge on any atom is 0.305 e. The zero-order valence-corrected chi connectivity index (χ0v) is 13.4. The van der Waals surface area contributed by atoms with E-state index in [0.717, 1.165) is 0 Å². The van der Waals surface area contributed by atoms with Crippen molar-refractivity contribution in [1.29, 1.82) is 0 Å². The highest BCUT2D eigenvalue weighted by Crippen LogP contribution is 2.22. The van der Waals surface area contributed by atoms with Gasteiger partial charge in [0, 0.05) is 11.0 Å². The highest BCUT2D eigenvalue weighted by molar-refractivity contribution is 9.10. The van der Waals surface area contributed by atoms with E-state index in [-0.39, 0.29) is 30.4 Å². The number of amides is 1. The van der Waals surface area contributed by atoms with Gasteiger partial charge in [0.25, 0.3) is 5.91 Å². The van der Waals surface area contributed by atoms with Crippen molar-refractivity contribution in [1.82, 2.24) is 4.90 Å². The fourth-order valence-electron chi connectivity index (χ4n) is 2.31. The summed E-state index contributed by atoms with van der Waals surface area (Å²) >= 11 is 3.27. The molecule has 0 aromatic heterocycles. The van der Waals surface area contributed by atoms with E-state index in [1.54, 1.807) is 24.3 Å². The number of nitrogens with zero attached hydrogens (tertiary/aromatic N) is 1. The predicted molar refractivity (Wildman–Crippen MR) is 79.9 cm³/mol. The minimum Gasteiger partial charge on any atom is -0.481 e. The van der Waals surface area contributed by atoms with Gasteiger partial charge in [0.1, 0.15) is 0 Å². The second kappa shape index (κ2) is 6.15. The van der Waals surface area contributed by atoms with Crippen LogP contribution < -0.4 is 0 Å².